The van der Waals surface area contributed by atoms with Crippen LogP contribution in [0.3, 0.4) is 0 Å². The van der Waals surface area contributed by atoms with Gasteiger partial charge in [0.25, 0.3) is 0 Å². The molecule has 1 heterocycles. The predicted octanol–water partition coefficient (Wildman–Crippen LogP) is 6.42. The fraction of sp³-hybridized carbons (Fsp3) is 0.200. The Bertz CT molecular complexity index is 1070. The van der Waals surface area contributed by atoms with Crippen LogP contribution in [0.1, 0.15) is 23.1 Å². The van der Waals surface area contributed by atoms with Crippen LogP contribution in [-0.2, 0) is 11.9 Å². The fourth-order valence-corrected chi connectivity index (χ4v) is 9.73. The summed E-state index contributed by atoms with van der Waals surface area (Å²) in [5.74, 6) is 0. The summed E-state index contributed by atoms with van der Waals surface area (Å²) in [5.41, 5.74) is 5.83. The maximum atomic E-state index is 7.26. The number of halogens is 2. The Morgan fingerprint density at radius 1 is 0.700 bits per heavy atom. The summed E-state index contributed by atoms with van der Waals surface area (Å²) in [6.45, 7) is 6.03. The molecule has 4 rings (SSSR count). The first-order chi connectivity index (χ1) is 14.4. The van der Waals surface area contributed by atoms with E-state index in [4.69, 9.17) is 19.4 Å². The number of anilines is 2. The van der Waals surface area contributed by atoms with Gasteiger partial charge in [0, 0.05) is 0 Å². The number of hydrogen-bond donors (Lipinski definition) is 0. The number of aryl methyl sites for hydroxylation is 2. The molecule has 1 fully saturated rings. The van der Waals surface area contributed by atoms with Gasteiger partial charge in [0.2, 0.25) is 0 Å². The summed E-state index contributed by atoms with van der Waals surface area (Å²) < 4.78 is 3.14. The third kappa shape index (κ3) is 4.75. The molecule has 1 aliphatic rings. The number of hydrogen-bond acceptors (Lipinski definition) is 2. The molecule has 0 atom stereocenters. The molecule has 1 aliphatic heterocycles. The van der Waals surface area contributed by atoms with Gasteiger partial charge in [-0.15, -0.1) is 0 Å². The summed E-state index contributed by atoms with van der Waals surface area (Å²) in [6, 6.07) is 27.4. The quantitative estimate of drug-likeness (QED) is 0.364. The maximum absolute atomic E-state index is 7.26. The van der Waals surface area contributed by atoms with Crippen molar-refractivity contribution in [1.29, 1.82) is 0 Å². The van der Waals surface area contributed by atoms with Crippen LogP contribution in [-0.4, -0.2) is 22.1 Å². The van der Waals surface area contributed by atoms with Gasteiger partial charge >= 0.3 is 190 Å². The average Bonchev–Trinajstić information content (AvgIpc) is 2.75. The normalized spacial score (nSPS) is 15.3. The Balaban J connectivity index is 1.93. The van der Waals surface area contributed by atoms with E-state index in [0.29, 0.717) is 0 Å². The molecule has 3 aromatic carbocycles. The van der Waals surface area contributed by atoms with Crippen molar-refractivity contribution in [2.45, 2.75) is 20.3 Å². The van der Waals surface area contributed by atoms with Gasteiger partial charge < -0.3 is 0 Å². The van der Waals surface area contributed by atoms with E-state index in [1.54, 1.807) is 0 Å². The zero-order valence-electron chi connectivity index (χ0n) is 17.2. The average molecular weight is 526 g/mol. The van der Waals surface area contributed by atoms with E-state index >= 15 is 0 Å². The van der Waals surface area contributed by atoms with E-state index in [1.807, 2.05) is 18.2 Å². The van der Waals surface area contributed by atoms with Crippen LogP contribution in [0.2, 0.25) is 0 Å². The van der Waals surface area contributed by atoms with Crippen LogP contribution < -0.4 is 9.80 Å². The first kappa shape index (κ1) is 21.4. The summed E-state index contributed by atoms with van der Waals surface area (Å²) in [5, 5.41) is 0. The van der Waals surface area contributed by atoms with E-state index in [-0.39, 0.29) is 0 Å². The molecule has 0 aliphatic carbocycles. The van der Waals surface area contributed by atoms with E-state index in [9.17, 15) is 0 Å². The van der Waals surface area contributed by atoms with E-state index in [2.05, 4.69) is 88.9 Å². The van der Waals surface area contributed by atoms with E-state index < -0.39 is 11.9 Å². The Morgan fingerprint density at radius 3 is 1.63 bits per heavy atom. The van der Waals surface area contributed by atoms with Crippen molar-refractivity contribution in [3.05, 3.63) is 95.6 Å². The molecule has 3 aromatic rings. The molecule has 0 unspecified atom stereocenters. The van der Waals surface area contributed by atoms with Gasteiger partial charge in [-0.2, -0.15) is 0 Å². The fourth-order valence-electron chi connectivity index (χ4n) is 3.60. The summed E-state index contributed by atoms with van der Waals surface area (Å²) in [4.78, 5) is 4.66. The number of rotatable bonds is 3. The van der Waals surface area contributed by atoms with Crippen LogP contribution in [0.5, 0.6) is 0 Å². The predicted molar refractivity (Wildman–Crippen MR) is 130 cm³/mol. The number of nitrogens with zero attached hydrogens (tertiary/aromatic N) is 2. The molecule has 1 saturated heterocycles. The van der Waals surface area contributed by atoms with Gasteiger partial charge in [-0.1, -0.05) is 0 Å². The summed E-state index contributed by atoms with van der Waals surface area (Å²) in [6.07, 6.45) is 1.04. The molecule has 30 heavy (non-hydrogen) atoms. The van der Waals surface area contributed by atoms with Crippen molar-refractivity contribution in [2.24, 2.45) is 0 Å². The van der Waals surface area contributed by atoms with Gasteiger partial charge in [-0.25, -0.2) is 0 Å². The van der Waals surface area contributed by atoms with Crippen LogP contribution in [0, 0.1) is 13.8 Å². The molecular weight excluding hydrogens is 500 g/mol. The van der Waals surface area contributed by atoms with Crippen molar-refractivity contribution in [2.75, 3.05) is 22.9 Å². The molecule has 0 N–H and O–H groups in total. The summed E-state index contributed by atoms with van der Waals surface area (Å²) >= 11 is -3.37. The Labute approximate surface area is 189 Å². The van der Waals surface area contributed by atoms with Crippen molar-refractivity contribution >= 4 is 39.7 Å². The molecule has 0 bridgehead atoms. The van der Waals surface area contributed by atoms with Crippen LogP contribution in [0.25, 0.3) is 0 Å². The monoisotopic (exact) mass is 526 g/mol. The molecular formula is C25H26Cl2N2Ru. The standard InChI is InChI=1S/C18H20N2.C7H6.2ClH.Ru/c1-15-4-8-17(9-5-15)19-12-3-13-20(14-19)18-10-6-16(2)7-11-18;1-7-5-3-2-4-6-7;;;/h4-11H,3,12-13H2,1-2H3;1-6H;2*1H;/q;;;;+2/p-2. The zero-order chi connectivity index (χ0) is 21.1. The number of benzene rings is 3. The molecule has 0 amide bonds. The third-order valence-corrected chi connectivity index (χ3v) is 10.7. The van der Waals surface area contributed by atoms with E-state index in [1.165, 1.54) is 11.1 Å². The molecule has 0 radical (unpaired) electrons. The third-order valence-electron chi connectivity index (χ3n) is 5.14. The second-order valence-corrected chi connectivity index (χ2v) is 16.8. The zero-order valence-corrected chi connectivity index (χ0v) is 20.5. The molecule has 5 heteroatoms. The Kier molecular flexibility index (Phi) is 6.53. The summed E-state index contributed by atoms with van der Waals surface area (Å²) in [7, 11) is 14.5. The van der Waals surface area contributed by atoms with Crippen molar-refractivity contribution in [1.82, 2.24) is 0 Å². The van der Waals surface area contributed by atoms with Gasteiger partial charge in [0.1, 0.15) is 0 Å². The molecule has 0 saturated carbocycles. The van der Waals surface area contributed by atoms with Gasteiger partial charge in [0.05, 0.1) is 0 Å². The molecule has 2 nitrogen and oxygen atoms in total. The van der Waals surface area contributed by atoms with Gasteiger partial charge in [-0.3, -0.25) is 0 Å². The van der Waals surface area contributed by atoms with Gasteiger partial charge in [-0.05, 0) is 0 Å². The van der Waals surface area contributed by atoms with Crippen LogP contribution in [0.15, 0.2) is 78.9 Å². The van der Waals surface area contributed by atoms with Crippen molar-refractivity contribution in [3.8, 4) is 0 Å². The minimum absolute atomic E-state index is 0.908. The van der Waals surface area contributed by atoms with E-state index in [0.717, 1.165) is 40.8 Å². The molecule has 158 valence electrons. The molecule has 0 aromatic heterocycles. The first-order valence-electron chi connectivity index (χ1n) is 10.0. The van der Waals surface area contributed by atoms with Crippen LogP contribution >= 0.6 is 19.4 Å². The Hall–Kier alpha value is -1.80. The van der Waals surface area contributed by atoms with Crippen LogP contribution in [0.4, 0.5) is 11.4 Å². The Morgan fingerprint density at radius 2 is 1.17 bits per heavy atom. The second-order valence-electron chi connectivity index (χ2n) is 7.54. The SMILES string of the molecule is Cc1ccc(N2CCCN(c3ccc(C)cc3)[C]2=[Ru]([Cl])([Cl])=[CH]c2ccccc2)cc1. The second kappa shape index (κ2) is 9.14. The van der Waals surface area contributed by atoms with Crippen molar-refractivity contribution in [3.63, 3.8) is 0 Å². The topological polar surface area (TPSA) is 6.48 Å². The van der Waals surface area contributed by atoms with Crippen molar-refractivity contribution < 1.29 is 11.9 Å². The van der Waals surface area contributed by atoms with Gasteiger partial charge in [0.15, 0.2) is 0 Å². The minimum atomic E-state index is -3.37. The first-order valence-corrected chi connectivity index (χ1v) is 16.4. The molecule has 0 spiro atoms.